The quantitative estimate of drug-likeness (QED) is 0.344. The smallest absolute Gasteiger partial charge is 0.220 e. The Hall–Kier alpha value is -0.350. The second-order valence-electron chi connectivity index (χ2n) is 3.39. The topological polar surface area (TPSA) is 34.1 Å². The van der Waals surface area contributed by atoms with Crippen LogP contribution in [-0.4, -0.2) is 17.7 Å². The molecule has 1 rings (SSSR count). The molecule has 1 unspecified atom stereocenters. The Labute approximate surface area is 123 Å². The van der Waals surface area contributed by atoms with E-state index in [-0.39, 0.29) is 32.1 Å². The first kappa shape index (κ1) is 15.7. The molecule has 0 N–H and O–H groups in total. The summed E-state index contributed by atoms with van der Waals surface area (Å²) in [4.78, 5) is 22.9. The Bertz CT molecular complexity index is 516. The molecule has 0 radical (unpaired) electrons. The molecule has 0 aliphatic carbocycles. The zero-order valence-corrected chi connectivity index (χ0v) is 12.1. The normalized spacial score (nSPS) is 12.3. The molecule has 98 valence electrons. The van der Waals surface area contributed by atoms with Gasteiger partial charge in [-0.05, 0) is 6.07 Å². The van der Waals surface area contributed by atoms with Crippen molar-refractivity contribution in [3.63, 3.8) is 0 Å². The summed E-state index contributed by atoms with van der Waals surface area (Å²) < 4.78 is 13.5. The van der Waals surface area contributed by atoms with Crippen LogP contribution in [0.25, 0.3) is 0 Å². The molecule has 1 aromatic carbocycles. The minimum absolute atomic E-state index is 0.0305. The standard InChI is InChI=1S/C11H7Cl4FO2/c1-2-6(17)10(16)11(18)4-3-5(12)8(14)9(15)7(4)13/h3,10H,2H2,1H3. The summed E-state index contributed by atoms with van der Waals surface area (Å²) in [5.74, 6) is -1.91. The van der Waals surface area contributed by atoms with Crippen LogP contribution in [0.5, 0.6) is 0 Å². The molecule has 0 saturated heterocycles. The molecule has 2 nitrogen and oxygen atoms in total. The lowest BCUT2D eigenvalue weighted by molar-refractivity contribution is -0.121. The van der Waals surface area contributed by atoms with E-state index in [0.29, 0.717) is 0 Å². The Morgan fingerprint density at radius 1 is 1.17 bits per heavy atom. The van der Waals surface area contributed by atoms with Gasteiger partial charge in [0.15, 0.2) is 5.78 Å². The average molecular weight is 332 g/mol. The highest BCUT2D eigenvalue weighted by molar-refractivity contribution is 6.52. The summed E-state index contributed by atoms with van der Waals surface area (Å²) in [7, 11) is 0. The summed E-state index contributed by atoms with van der Waals surface area (Å²) in [5, 5.41) is -0.435. The third-order valence-electron chi connectivity index (χ3n) is 2.23. The number of Topliss-reactive ketones (excluding diaryl/α,β-unsaturated/α-hetero) is 2. The van der Waals surface area contributed by atoms with Gasteiger partial charge in [-0.2, -0.15) is 0 Å². The van der Waals surface area contributed by atoms with Crippen molar-refractivity contribution in [2.45, 2.75) is 19.5 Å². The summed E-state index contributed by atoms with van der Waals surface area (Å²) >= 11 is 23.0. The molecule has 0 fully saturated rings. The van der Waals surface area contributed by atoms with Gasteiger partial charge in [0, 0.05) is 12.0 Å². The summed E-state index contributed by atoms with van der Waals surface area (Å²) in [5.41, 5.74) is -0.259. The van der Waals surface area contributed by atoms with Gasteiger partial charge in [0.1, 0.15) is 0 Å². The van der Waals surface area contributed by atoms with Gasteiger partial charge >= 0.3 is 0 Å². The van der Waals surface area contributed by atoms with Crippen LogP contribution in [0, 0.1) is 0 Å². The highest BCUT2D eigenvalue weighted by Crippen LogP contribution is 2.38. The van der Waals surface area contributed by atoms with Crippen molar-refractivity contribution < 1.29 is 14.0 Å². The van der Waals surface area contributed by atoms with Gasteiger partial charge in [-0.3, -0.25) is 9.59 Å². The minimum Gasteiger partial charge on any atom is -0.296 e. The van der Waals surface area contributed by atoms with E-state index in [1.54, 1.807) is 0 Å². The predicted molar refractivity (Wildman–Crippen MR) is 71.0 cm³/mol. The van der Waals surface area contributed by atoms with Crippen molar-refractivity contribution >= 4 is 58.0 Å². The van der Waals surface area contributed by atoms with Crippen molar-refractivity contribution in [3.8, 4) is 0 Å². The minimum atomic E-state index is -2.28. The van der Waals surface area contributed by atoms with Crippen LogP contribution >= 0.6 is 46.4 Å². The van der Waals surface area contributed by atoms with Gasteiger partial charge in [-0.15, -0.1) is 0 Å². The van der Waals surface area contributed by atoms with Crippen LogP contribution in [-0.2, 0) is 4.79 Å². The molecule has 0 aliphatic heterocycles. The van der Waals surface area contributed by atoms with Gasteiger partial charge in [0.2, 0.25) is 12.0 Å². The molecule has 0 aliphatic rings. The van der Waals surface area contributed by atoms with Crippen molar-refractivity contribution in [2.24, 2.45) is 0 Å². The number of hydrogen-bond donors (Lipinski definition) is 0. The largest absolute Gasteiger partial charge is 0.296 e. The first-order valence-electron chi connectivity index (χ1n) is 4.85. The Morgan fingerprint density at radius 3 is 2.22 bits per heavy atom. The fraction of sp³-hybridized carbons (Fsp3) is 0.273. The first-order valence-corrected chi connectivity index (χ1v) is 6.36. The highest BCUT2D eigenvalue weighted by atomic mass is 35.5. The van der Waals surface area contributed by atoms with Gasteiger partial charge in [0.25, 0.3) is 0 Å². The molecule has 0 bridgehead atoms. The van der Waals surface area contributed by atoms with Crippen molar-refractivity contribution in [2.75, 3.05) is 0 Å². The third-order valence-corrected chi connectivity index (χ3v) is 3.98. The van der Waals surface area contributed by atoms with E-state index in [1.807, 2.05) is 0 Å². The maximum atomic E-state index is 13.5. The number of halogens is 5. The van der Waals surface area contributed by atoms with Crippen LogP contribution in [0.2, 0.25) is 20.1 Å². The van der Waals surface area contributed by atoms with Gasteiger partial charge in [-0.1, -0.05) is 53.3 Å². The highest BCUT2D eigenvalue weighted by Gasteiger charge is 2.29. The molecule has 1 atom stereocenters. The molecule has 0 spiro atoms. The fourth-order valence-electron chi connectivity index (χ4n) is 1.21. The van der Waals surface area contributed by atoms with E-state index >= 15 is 0 Å². The number of ketones is 2. The monoisotopic (exact) mass is 330 g/mol. The van der Waals surface area contributed by atoms with Crippen molar-refractivity contribution in [3.05, 3.63) is 31.7 Å². The Balaban J connectivity index is 3.27. The lowest BCUT2D eigenvalue weighted by atomic mass is 10.0. The van der Waals surface area contributed by atoms with Crippen molar-refractivity contribution in [1.29, 1.82) is 0 Å². The van der Waals surface area contributed by atoms with Gasteiger partial charge < -0.3 is 0 Å². The second-order valence-corrected chi connectivity index (χ2v) is 4.94. The molecule has 18 heavy (non-hydrogen) atoms. The van der Waals surface area contributed by atoms with E-state index in [0.717, 1.165) is 6.07 Å². The summed E-state index contributed by atoms with van der Waals surface area (Å²) in [6, 6.07) is 1.09. The molecule has 0 heterocycles. The summed E-state index contributed by atoms with van der Waals surface area (Å²) in [6.45, 7) is 1.45. The van der Waals surface area contributed by atoms with Crippen LogP contribution in [0.4, 0.5) is 4.39 Å². The zero-order chi connectivity index (χ0) is 14.0. The van der Waals surface area contributed by atoms with E-state index in [2.05, 4.69) is 0 Å². The lowest BCUT2D eigenvalue weighted by Gasteiger charge is -2.10. The number of hydrogen-bond acceptors (Lipinski definition) is 2. The number of rotatable bonds is 4. The van der Waals surface area contributed by atoms with Gasteiger partial charge in [-0.25, -0.2) is 4.39 Å². The number of carbonyl (C=O) groups is 2. The maximum Gasteiger partial charge on any atom is 0.220 e. The lowest BCUT2D eigenvalue weighted by Crippen LogP contribution is -2.25. The van der Waals surface area contributed by atoms with E-state index < -0.39 is 17.7 Å². The molecule has 0 amide bonds. The van der Waals surface area contributed by atoms with Crippen LogP contribution in [0.1, 0.15) is 23.7 Å². The van der Waals surface area contributed by atoms with Crippen LogP contribution in [0.3, 0.4) is 0 Å². The van der Waals surface area contributed by atoms with Crippen molar-refractivity contribution in [1.82, 2.24) is 0 Å². The van der Waals surface area contributed by atoms with E-state index in [9.17, 15) is 14.0 Å². The summed E-state index contributed by atoms with van der Waals surface area (Å²) in [6.07, 6.45) is -2.37. The first-order chi connectivity index (χ1) is 8.31. The number of alkyl halides is 1. The molecule has 7 heteroatoms. The maximum absolute atomic E-state index is 13.5. The second kappa shape index (κ2) is 6.20. The van der Waals surface area contributed by atoms with Gasteiger partial charge in [0.05, 0.1) is 20.1 Å². The number of carbonyl (C=O) groups excluding carboxylic acids is 2. The zero-order valence-electron chi connectivity index (χ0n) is 9.07. The van der Waals surface area contributed by atoms with E-state index in [4.69, 9.17) is 46.4 Å². The molecular weight excluding hydrogens is 325 g/mol. The molecular formula is C11H7Cl4FO2. The molecule has 1 aromatic rings. The predicted octanol–water partition coefficient (Wildman–Crippen LogP) is 4.80. The Morgan fingerprint density at radius 2 is 1.72 bits per heavy atom. The molecule has 0 aromatic heterocycles. The van der Waals surface area contributed by atoms with Crippen LogP contribution < -0.4 is 0 Å². The van der Waals surface area contributed by atoms with Crippen LogP contribution in [0.15, 0.2) is 6.07 Å². The van der Waals surface area contributed by atoms with E-state index in [1.165, 1.54) is 6.92 Å². The number of benzene rings is 1. The average Bonchev–Trinajstić information content (AvgIpc) is 2.37. The SMILES string of the molecule is CCC(=O)C(F)C(=O)c1cc(Cl)c(Cl)c(Cl)c1Cl. The Kier molecular flexibility index (Phi) is 5.41. The molecule has 0 saturated carbocycles. The fourth-order valence-corrected chi connectivity index (χ4v) is 2.11. The third kappa shape index (κ3) is 2.97.